The van der Waals surface area contributed by atoms with Gasteiger partial charge >= 0.3 is 5.97 Å². The van der Waals surface area contributed by atoms with Crippen LogP contribution in [0.3, 0.4) is 0 Å². The Labute approximate surface area is 157 Å². The molecule has 0 unspecified atom stereocenters. The predicted octanol–water partition coefficient (Wildman–Crippen LogP) is 4.26. The van der Waals surface area contributed by atoms with Crippen molar-refractivity contribution in [1.29, 1.82) is 0 Å². The number of esters is 1. The summed E-state index contributed by atoms with van der Waals surface area (Å²) in [5.74, 6) is -0.0996. The van der Waals surface area contributed by atoms with E-state index in [9.17, 15) is 9.18 Å². The molecule has 2 heterocycles. The van der Waals surface area contributed by atoms with Crippen LogP contribution in [0.4, 0.5) is 10.1 Å². The van der Waals surface area contributed by atoms with Crippen molar-refractivity contribution in [1.82, 2.24) is 0 Å². The molecule has 0 amide bonds. The minimum absolute atomic E-state index is 0.0943. The highest BCUT2D eigenvalue weighted by Gasteiger charge is 2.41. The van der Waals surface area contributed by atoms with Gasteiger partial charge in [-0.2, -0.15) is 0 Å². The standard InChI is InChI=1S/C21H22FNO4/c1-25-13-6-8-18-16(11-13)20-15(4-3-9-27-20)19(23-18)14-7-5-12(10-17(14)22)21(24)26-2/h5-8,10-11,15,19-20,23H,3-4,9H2,1-2H3/t15-,19-,20-/m1/s1. The second-order valence-electron chi connectivity index (χ2n) is 6.90. The lowest BCUT2D eigenvalue weighted by atomic mass is 9.77. The highest BCUT2D eigenvalue weighted by molar-refractivity contribution is 5.89. The molecule has 2 aliphatic heterocycles. The first-order valence-corrected chi connectivity index (χ1v) is 9.06. The first-order valence-electron chi connectivity index (χ1n) is 9.06. The second kappa shape index (κ2) is 7.19. The van der Waals surface area contributed by atoms with Crippen LogP contribution in [0.1, 0.15) is 46.5 Å². The van der Waals surface area contributed by atoms with Crippen molar-refractivity contribution in [3.05, 3.63) is 58.9 Å². The molecule has 1 saturated heterocycles. The molecule has 0 aromatic heterocycles. The van der Waals surface area contributed by atoms with Gasteiger partial charge < -0.3 is 19.5 Å². The third-order valence-electron chi connectivity index (χ3n) is 5.43. The Morgan fingerprint density at radius 3 is 2.78 bits per heavy atom. The van der Waals surface area contributed by atoms with E-state index in [0.717, 1.165) is 29.8 Å². The van der Waals surface area contributed by atoms with Gasteiger partial charge in [-0.05, 0) is 43.2 Å². The van der Waals surface area contributed by atoms with Crippen LogP contribution in [0.15, 0.2) is 36.4 Å². The van der Waals surface area contributed by atoms with Crippen molar-refractivity contribution in [2.24, 2.45) is 5.92 Å². The Bertz CT molecular complexity index is 869. The molecule has 6 heteroatoms. The van der Waals surface area contributed by atoms with E-state index in [2.05, 4.69) is 10.1 Å². The molecule has 2 aromatic rings. The lowest BCUT2D eigenvalue weighted by Gasteiger charge is -2.43. The molecule has 27 heavy (non-hydrogen) atoms. The molecule has 1 fully saturated rings. The number of hydrogen-bond donors (Lipinski definition) is 1. The second-order valence-corrected chi connectivity index (χ2v) is 6.90. The highest BCUT2D eigenvalue weighted by Crippen LogP contribution is 2.50. The number of nitrogens with one attached hydrogen (secondary N) is 1. The maximum Gasteiger partial charge on any atom is 0.337 e. The molecule has 0 bridgehead atoms. The molecule has 2 aliphatic rings. The summed E-state index contributed by atoms with van der Waals surface area (Å²) >= 11 is 0. The monoisotopic (exact) mass is 371 g/mol. The number of carbonyl (C=O) groups excluding carboxylic acids is 1. The fraction of sp³-hybridized carbons (Fsp3) is 0.381. The number of methoxy groups -OCH3 is 2. The summed E-state index contributed by atoms with van der Waals surface area (Å²) in [6.45, 7) is 0.689. The van der Waals surface area contributed by atoms with Crippen LogP contribution in [0.2, 0.25) is 0 Å². The van der Waals surface area contributed by atoms with Gasteiger partial charge in [0.25, 0.3) is 0 Å². The van der Waals surface area contributed by atoms with Gasteiger partial charge in [-0.1, -0.05) is 6.07 Å². The number of anilines is 1. The van der Waals surface area contributed by atoms with Gasteiger partial charge in [-0.15, -0.1) is 0 Å². The molecule has 5 nitrogen and oxygen atoms in total. The van der Waals surface area contributed by atoms with Crippen LogP contribution in [0.25, 0.3) is 0 Å². The zero-order valence-electron chi connectivity index (χ0n) is 15.3. The molecule has 3 atom stereocenters. The lowest BCUT2D eigenvalue weighted by Crippen LogP contribution is -2.36. The Hall–Kier alpha value is -2.60. The maximum atomic E-state index is 14.9. The summed E-state index contributed by atoms with van der Waals surface area (Å²) in [6.07, 6.45) is 1.74. The molecule has 4 rings (SSSR count). The van der Waals surface area contributed by atoms with E-state index in [4.69, 9.17) is 9.47 Å². The van der Waals surface area contributed by atoms with Gasteiger partial charge in [0.2, 0.25) is 0 Å². The zero-order valence-corrected chi connectivity index (χ0v) is 15.3. The molecular weight excluding hydrogens is 349 g/mol. The van der Waals surface area contributed by atoms with Crippen LogP contribution in [0.5, 0.6) is 5.75 Å². The van der Waals surface area contributed by atoms with Crippen LogP contribution in [-0.2, 0) is 9.47 Å². The summed E-state index contributed by atoms with van der Waals surface area (Å²) in [5, 5.41) is 3.48. The number of fused-ring (bicyclic) bond motifs is 3. The van der Waals surface area contributed by atoms with E-state index in [1.54, 1.807) is 19.2 Å². The summed E-state index contributed by atoms with van der Waals surface area (Å²) in [5.41, 5.74) is 2.70. The van der Waals surface area contributed by atoms with Crippen molar-refractivity contribution in [2.45, 2.75) is 25.0 Å². The van der Waals surface area contributed by atoms with Crippen LogP contribution in [-0.4, -0.2) is 26.8 Å². The largest absolute Gasteiger partial charge is 0.497 e. The Kier molecular flexibility index (Phi) is 4.74. The zero-order chi connectivity index (χ0) is 19.0. The van der Waals surface area contributed by atoms with E-state index >= 15 is 0 Å². The molecule has 0 aliphatic carbocycles. The van der Waals surface area contributed by atoms with Crippen LogP contribution >= 0.6 is 0 Å². The van der Waals surface area contributed by atoms with E-state index in [0.29, 0.717) is 12.2 Å². The van der Waals surface area contributed by atoms with E-state index in [1.807, 2.05) is 18.2 Å². The molecule has 2 aromatic carbocycles. The highest BCUT2D eigenvalue weighted by atomic mass is 19.1. The summed E-state index contributed by atoms with van der Waals surface area (Å²) in [7, 11) is 2.92. The Balaban J connectivity index is 1.74. The van der Waals surface area contributed by atoms with Crippen LogP contribution < -0.4 is 10.1 Å². The average Bonchev–Trinajstić information content (AvgIpc) is 2.72. The normalized spacial score (nSPS) is 23.6. The fourth-order valence-corrected chi connectivity index (χ4v) is 4.11. The van der Waals surface area contributed by atoms with Crippen molar-refractivity contribution in [2.75, 3.05) is 26.1 Å². The summed E-state index contributed by atoms with van der Waals surface area (Å²) in [6, 6.07) is 10.1. The van der Waals surface area contributed by atoms with Gasteiger partial charge in [-0.25, -0.2) is 9.18 Å². The van der Waals surface area contributed by atoms with Crippen molar-refractivity contribution < 1.29 is 23.4 Å². The number of hydrogen-bond acceptors (Lipinski definition) is 5. The third kappa shape index (κ3) is 3.14. The van der Waals surface area contributed by atoms with Gasteiger partial charge in [-0.3, -0.25) is 0 Å². The summed E-state index contributed by atoms with van der Waals surface area (Å²) in [4.78, 5) is 11.7. The molecular formula is C21H22FNO4. The average molecular weight is 371 g/mol. The number of carbonyl (C=O) groups is 1. The molecule has 142 valence electrons. The molecule has 0 saturated carbocycles. The first-order chi connectivity index (χ1) is 13.1. The van der Waals surface area contributed by atoms with Crippen molar-refractivity contribution in [3.63, 3.8) is 0 Å². The number of rotatable bonds is 3. The molecule has 1 N–H and O–H groups in total. The minimum atomic E-state index is -0.548. The van der Waals surface area contributed by atoms with E-state index < -0.39 is 11.8 Å². The first kappa shape index (κ1) is 17.8. The smallest absolute Gasteiger partial charge is 0.337 e. The number of halogens is 1. The fourth-order valence-electron chi connectivity index (χ4n) is 4.11. The topological polar surface area (TPSA) is 56.8 Å². The van der Waals surface area contributed by atoms with Gasteiger partial charge in [0.15, 0.2) is 0 Å². The predicted molar refractivity (Wildman–Crippen MR) is 98.5 cm³/mol. The Morgan fingerprint density at radius 2 is 2.04 bits per heavy atom. The molecule has 0 radical (unpaired) electrons. The quantitative estimate of drug-likeness (QED) is 0.817. The van der Waals surface area contributed by atoms with Crippen LogP contribution in [0, 0.1) is 11.7 Å². The maximum absolute atomic E-state index is 14.9. The van der Waals surface area contributed by atoms with E-state index in [-0.39, 0.29) is 23.6 Å². The van der Waals surface area contributed by atoms with Crippen molar-refractivity contribution in [3.8, 4) is 5.75 Å². The van der Waals surface area contributed by atoms with Gasteiger partial charge in [0, 0.05) is 29.3 Å². The van der Waals surface area contributed by atoms with E-state index in [1.165, 1.54) is 13.2 Å². The SMILES string of the molecule is COC(=O)c1ccc([C@H]2Nc3ccc(OC)cc3[C@@H]3OCCC[C@H]23)c(F)c1. The Morgan fingerprint density at radius 1 is 1.19 bits per heavy atom. The lowest BCUT2D eigenvalue weighted by molar-refractivity contribution is -0.0385. The van der Waals surface area contributed by atoms with Gasteiger partial charge in [0.05, 0.1) is 31.9 Å². The summed E-state index contributed by atoms with van der Waals surface area (Å²) < 4.78 is 31.0. The number of benzene rings is 2. The minimum Gasteiger partial charge on any atom is -0.497 e. The van der Waals surface area contributed by atoms with Gasteiger partial charge in [0.1, 0.15) is 11.6 Å². The van der Waals surface area contributed by atoms with Crippen molar-refractivity contribution >= 4 is 11.7 Å². The number of ether oxygens (including phenoxy) is 3. The molecule has 0 spiro atoms. The third-order valence-corrected chi connectivity index (χ3v) is 5.43.